The van der Waals surface area contributed by atoms with Gasteiger partial charge in [0, 0.05) is 10.9 Å². The molecule has 0 radical (unpaired) electrons. The van der Waals surface area contributed by atoms with E-state index in [1.165, 1.54) is 11.1 Å². The van der Waals surface area contributed by atoms with E-state index in [4.69, 9.17) is 5.73 Å². The molecule has 2 rings (SSSR count). The molecule has 11 heavy (non-hydrogen) atoms. The van der Waals surface area contributed by atoms with E-state index in [2.05, 4.69) is 18.7 Å². The molecule has 0 heterocycles. The number of benzene rings is 1. The molecule has 0 aromatic heterocycles. The second-order valence-corrected chi connectivity index (χ2v) is 3.48. The van der Waals surface area contributed by atoms with E-state index in [1.54, 1.807) is 0 Å². The third kappa shape index (κ3) is 1.06. The van der Waals surface area contributed by atoms with Crippen LogP contribution in [0.1, 0.15) is 23.6 Å². The predicted molar refractivity (Wildman–Crippen MR) is 48.9 cm³/mol. The molecule has 0 unspecified atom stereocenters. The average Bonchev–Trinajstić information content (AvgIpc) is 2.34. The molecular formula is C9H11NS. The quantitative estimate of drug-likeness (QED) is 0.564. The number of thiol groups is 1. The fourth-order valence-corrected chi connectivity index (χ4v) is 2.10. The molecule has 2 heteroatoms. The molecule has 1 aromatic carbocycles. The van der Waals surface area contributed by atoms with Crippen molar-refractivity contribution in [3.63, 3.8) is 0 Å². The molecule has 1 aliphatic rings. The minimum absolute atomic E-state index is 0.221. The summed E-state index contributed by atoms with van der Waals surface area (Å²) in [5.74, 6) is 0. The summed E-state index contributed by atoms with van der Waals surface area (Å²) < 4.78 is 0. The molecule has 1 atom stereocenters. The fraction of sp³-hybridized carbons (Fsp3) is 0.333. The van der Waals surface area contributed by atoms with E-state index in [1.807, 2.05) is 12.1 Å². The molecule has 0 aliphatic heterocycles. The molecule has 58 valence electrons. The van der Waals surface area contributed by atoms with Gasteiger partial charge in [0.15, 0.2) is 0 Å². The second kappa shape index (κ2) is 2.54. The van der Waals surface area contributed by atoms with E-state index < -0.39 is 0 Å². The minimum Gasteiger partial charge on any atom is -0.324 e. The van der Waals surface area contributed by atoms with Crippen molar-refractivity contribution < 1.29 is 0 Å². The van der Waals surface area contributed by atoms with E-state index >= 15 is 0 Å². The van der Waals surface area contributed by atoms with Gasteiger partial charge in [-0.25, -0.2) is 0 Å². The van der Waals surface area contributed by atoms with Crippen molar-refractivity contribution in [1.82, 2.24) is 0 Å². The van der Waals surface area contributed by atoms with E-state index in [0.29, 0.717) is 0 Å². The van der Waals surface area contributed by atoms with Crippen LogP contribution >= 0.6 is 12.6 Å². The lowest BCUT2D eigenvalue weighted by atomic mass is 10.1. The largest absolute Gasteiger partial charge is 0.324 e. The van der Waals surface area contributed by atoms with Gasteiger partial charge in [0.2, 0.25) is 0 Å². The molecule has 1 aliphatic carbocycles. The van der Waals surface area contributed by atoms with E-state index in [9.17, 15) is 0 Å². The lowest BCUT2D eigenvalue weighted by Crippen LogP contribution is -2.05. The summed E-state index contributed by atoms with van der Waals surface area (Å²) in [5.41, 5.74) is 8.54. The molecule has 0 spiro atoms. The maximum Gasteiger partial charge on any atom is 0.0311 e. The van der Waals surface area contributed by atoms with Gasteiger partial charge in [0.1, 0.15) is 0 Å². The van der Waals surface area contributed by atoms with Gasteiger partial charge in [-0.15, -0.1) is 12.6 Å². The Kier molecular flexibility index (Phi) is 1.66. The van der Waals surface area contributed by atoms with Crippen LogP contribution in [-0.4, -0.2) is 0 Å². The molecule has 1 aromatic rings. The summed E-state index contributed by atoms with van der Waals surface area (Å²) in [6, 6.07) is 6.41. The molecule has 1 nitrogen and oxygen atoms in total. The molecule has 0 bridgehead atoms. The average molecular weight is 165 g/mol. The van der Waals surface area contributed by atoms with Crippen LogP contribution in [0, 0.1) is 0 Å². The first-order valence-corrected chi connectivity index (χ1v) is 4.30. The van der Waals surface area contributed by atoms with Crippen molar-refractivity contribution >= 4 is 12.6 Å². The van der Waals surface area contributed by atoms with Gasteiger partial charge in [-0.3, -0.25) is 0 Å². The lowest BCUT2D eigenvalue weighted by Gasteiger charge is -2.06. The van der Waals surface area contributed by atoms with Gasteiger partial charge in [0.25, 0.3) is 0 Å². The summed E-state index contributed by atoms with van der Waals surface area (Å²) in [4.78, 5) is 1.05. The van der Waals surface area contributed by atoms with Gasteiger partial charge in [-0.2, -0.15) is 0 Å². The van der Waals surface area contributed by atoms with Gasteiger partial charge >= 0.3 is 0 Å². The Labute approximate surface area is 72.0 Å². The number of aryl methyl sites for hydroxylation is 1. The maximum absolute atomic E-state index is 5.90. The van der Waals surface area contributed by atoms with Crippen molar-refractivity contribution in [2.24, 2.45) is 5.73 Å². The Bertz CT molecular complexity index is 283. The van der Waals surface area contributed by atoms with Crippen molar-refractivity contribution in [3.8, 4) is 0 Å². The standard InChI is InChI=1S/C9H11NS/c10-7-5-4-6-2-1-3-8(11)9(6)7/h1-3,7,11H,4-5,10H2/t7-/m0/s1. The molecular weight excluding hydrogens is 154 g/mol. The number of rotatable bonds is 0. The highest BCUT2D eigenvalue weighted by Gasteiger charge is 2.20. The summed E-state index contributed by atoms with van der Waals surface area (Å²) in [6.07, 6.45) is 2.19. The predicted octanol–water partition coefficient (Wildman–Crippen LogP) is 1.92. The van der Waals surface area contributed by atoms with Crippen molar-refractivity contribution in [2.75, 3.05) is 0 Å². The highest BCUT2D eigenvalue weighted by molar-refractivity contribution is 7.80. The Hall–Kier alpha value is -0.470. The first-order valence-electron chi connectivity index (χ1n) is 3.85. The molecule has 0 amide bonds. The zero-order valence-corrected chi connectivity index (χ0v) is 7.14. The van der Waals surface area contributed by atoms with Gasteiger partial charge in [-0.1, -0.05) is 12.1 Å². The summed E-state index contributed by atoms with van der Waals surface area (Å²) >= 11 is 4.37. The Morgan fingerprint density at radius 1 is 1.45 bits per heavy atom. The first kappa shape index (κ1) is 7.19. The smallest absolute Gasteiger partial charge is 0.0311 e. The van der Waals surface area contributed by atoms with Crippen LogP contribution in [0.25, 0.3) is 0 Å². The van der Waals surface area contributed by atoms with Crippen LogP contribution in [0.5, 0.6) is 0 Å². The number of fused-ring (bicyclic) bond motifs is 1. The zero-order chi connectivity index (χ0) is 7.84. The van der Waals surface area contributed by atoms with Gasteiger partial charge < -0.3 is 5.73 Å². The van der Waals surface area contributed by atoms with Crippen LogP contribution in [0.4, 0.5) is 0 Å². The number of hydrogen-bond donors (Lipinski definition) is 2. The summed E-state index contributed by atoms with van der Waals surface area (Å²) in [6.45, 7) is 0. The zero-order valence-electron chi connectivity index (χ0n) is 6.25. The highest BCUT2D eigenvalue weighted by atomic mass is 32.1. The molecule has 0 fully saturated rings. The van der Waals surface area contributed by atoms with Gasteiger partial charge in [-0.05, 0) is 30.0 Å². The number of nitrogens with two attached hydrogens (primary N) is 1. The Morgan fingerprint density at radius 2 is 2.27 bits per heavy atom. The van der Waals surface area contributed by atoms with Crippen LogP contribution in [0.2, 0.25) is 0 Å². The van der Waals surface area contributed by atoms with Crippen molar-refractivity contribution in [2.45, 2.75) is 23.8 Å². The number of hydrogen-bond acceptors (Lipinski definition) is 2. The second-order valence-electron chi connectivity index (χ2n) is 3.00. The van der Waals surface area contributed by atoms with Crippen LogP contribution < -0.4 is 5.73 Å². The van der Waals surface area contributed by atoms with Crippen LogP contribution in [0.15, 0.2) is 23.1 Å². The van der Waals surface area contributed by atoms with Crippen LogP contribution in [0.3, 0.4) is 0 Å². The summed E-state index contributed by atoms with van der Waals surface area (Å²) in [7, 11) is 0. The molecule has 0 saturated heterocycles. The summed E-state index contributed by atoms with van der Waals surface area (Å²) in [5, 5.41) is 0. The first-order chi connectivity index (χ1) is 5.29. The monoisotopic (exact) mass is 165 g/mol. The third-order valence-electron chi connectivity index (χ3n) is 2.27. The highest BCUT2D eigenvalue weighted by Crippen LogP contribution is 2.33. The Morgan fingerprint density at radius 3 is 3.00 bits per heavy atom. The normalized spacial score (nSPS) is 21.8. The fourth-order valence-electron chi connectivity index (χ4n) is 1.70. The minimum atomic E-state index is 0.221. The maximum atomic E-state index is 5.90. The van der Waals surface area contributed by atoms with Crippen molar-refractivity contribution in [1.29, 1.82) is 0 Å². The van der Waals surface area contributed by atoms with E-state index in [-0.39, 0.29) is 6.04 Å². The molecule has 0 saturated carbocycles. The van der Waals surface area contributed by atoms with Crippen LogP contribution in [-0.2, 0) is 6.42 Å². The lowest BCUT2D eigenvalue weighted by molar-refractivity contribution is 0.705. The third-order valence-corrected chi connectivity index (χ3v) is 2.66. The van der Waals surface area contributed by atoms with Crippen molar-refractivity contribution in [3.05, 3.63) is 29.3 Å². The molecule has 2 N–H and O–H groups in total. The Balaban J connectivity index is 2.58. The van der Waals surface area contributed by atoms with Gasteiger partial charge in [0.05, 0.1) is 0 Å². The van der Waals surface area contributed by atoms with E-state index in [0.717, 1.165) is 17.7 Å². The SMILES string of the molecule is N[C@H]1CCc2cccc(S)c21. The topological polar surface area (TPSA) is 26.0 Å².